The Labute approximate surface area is 121 Å². The second kappa shape index (κ2) is 7.27. The van der Waals surface area contributed by atoms with E-state index in [1.165, 1.54) is 0 Å². The van der Waals surface area contributed by atoms with Gasteiger partial charge in [0, 0.05) is 11.9 Å². The third-order valence-corrected chi connectivity index (χ3v) is 5.16. The van der Waals surface area contributed by atoms with Crippen LogP contribution in [0.3, 0.4) is 0 Å². The van der Waals surface area contributed by atoms with Crippen molar-refractivity contribution in [3.05, 3.63) is 35.4 Å². The van der Waals surface area contributed by atoms with Gasteiger partial charge in [-0.3, -0.25) is 0 Å². The average Bonchev–Trinajstić information content (AvgIpc) is 2.36. The molecule has 0 bridgehead atoms. The Morgan fingerprint density at radius 1 is 1.26 bits per heavy atom. The SMILES string of the molecule is CCC(NS(=O)(=O)CC(C)CCl)c1ccc(C)cc1. The summed E-state index contributed by atoms with van der Waals surface area (Å²) in [7, 11) is -3.30. The van der Waals surface area contributed by atoms with Crippen molar-refractivity contribution < 1.29 is 8.42 Å². The van der Waals surface area contributed by atoms with Gasteiger partial charge in [-0.05, 0) is 24.8 Å². The van der Waals surface area contributed by atoms with Gasteiger partial charge < -0.3 is 0 Å². The first-order chi connectivity index (χ1) is 8.88. The third-order valence-electron chi connectivity index (χ3n) is 2.98. The lowest BCUT2D eigenvalue weighted by Gasteiger charge is -2.19. The van der Waals surface area contributed by atoms with Crippen LogP contribution in [0.5, 0.6) is 0 Å². The minimum Gasteiger partial charge on any atom is -0.212 e. The summed E-state index contributed by atoms with van der Waals surface area (Å²) in [4.78, 5) is 0. The number of nitrogens with one attached hydrogen (secondary N) is 1. The van der Waals surface area contributed by atoms with Gasteiger partial charge in [0.15, 0.2) is 0 Å². The molecule has 108 valence electrons. The second-order valence-corrected chi connectivity index (χ2v) is 7.14. The first-order valence-corrected chi connectivity index (χ1v) is 8.69. The summed E-state index contributed by atoms with van der Waals surface area (Å²) in [6.07, 6.45) is 0.720. The minimum atomic E-state index is -3.30. The van der Waals surface area contributed by atoms with E-state index in [2.05, 4.69) is 4.72 Å². The number of halogens is 1. The van der Waals surface area contributed by atoms with E-state index < -0.39 is 10.0 Å². The maximum absolute atomic E-state index is 12.0. The van der Waals surface area contributed by atoms with E-state index in [0.29, 0.717) is 5.88 Å². The lowest BCUT2D eigenvalue weighted by atomic mass is 10.0. The molecular formula is C14H22ClNO2S. The molecule has 1 aromatic carbocycles. The number of aryl methyl sites for hydroxylation is 1. The van der Waals surface area contributed by atoms with Crippen molar-refractivity contribution in [1.29, 1.82) is 0 Å². The predicted octanol–water partition coefficient (Wildman–Crippen LogP) is 3.24. The highest BCUT2D eigenvalue weighted by atomic mass is 35.5. The van der Waals surface area contributed by atoms with Crippen molar-refractivity contribution in [2.45, 2.75) is 33.2 Å². The van der Waals surface area contributed by atoms with Crippen molar-refractivity contribution >= 4 is 21.6 Å². The molecule has 2 unspecified atom stereocenters. The van der Waals surface area contributed by atoms with Crippen molar-refractivity contribution in [2.24, 2.45) is 5.92 Å². The highest BCUT2D eigenvalue weighted by Crippen LogP contribution is 2.18. The molecular weight excluding hydrogens is 282 g/mol. The highest BCUT2D eigenvalue weighted by molar-refractivity contribution is 7.89. The molecule has 0 aromatic heterocycles. The summed E-state index contributed by atoms with van der Waals surface area (Å²) in [5, 5.41) is 0. The van der Waals surface area contributed by atoms with Gasteiger partial charge in [-0.1, -0.05) is 43.7 Å². The number of hydrogen-bond donors (Lipinski definition) is 1. The highest BCUT2D eigenvalue weighted by Gasteiger charge is 2.20. The average molecular weight is 304 g/mol. The molecule has 0 aliphatic carbocycles. The molecule has 19 heavy (non-hydrogen) atoms. The van der Waals surface area contributed by atoms with Gasteiger partial charge >= 0.3 is 0 Å². The van der Waals surface area contributed by atoms with Crippen LogP contribution in [0.1, 0.15) is 37.4 Å². The van der Waals surface area contributed by atoms with Gasteiger partial charge in [0.25, 0.3) is 0 Å². The topological polar surface area (TPSA) is 46.2 Å². The van der Waals surface area contributed by atoms with E-state index in [1.807, 2.05) is 45.0 Å². The molecule has 0 amide bonds. The zero-order chi connectivity index (χ0) is 14.5. The largest absolute Gasteiger partial charge is 0.212 e. The van der Waals surface area contributed by atoms with Gasteiger partial charge in [0.1, 0.15) is 0 Å². The van der Waals surface area contributed by atoms with Crippen LogP contribution < -0.4 is 4.72 Å². The Morgan fingerprint density at radius 3 is 2.32 bits per heavy atom. The number of rotatable bonds is 7. The quantitative estimate of drug-likeness (QED) is 0.786. The maximum Gasteiger partial charge on any atom is 0.212 e. The normalized spacial score (nSPS) is 15.2. The summed E-state index contributed by atoms with van der Waals surface area (Å²) in [5.74, 6) is 0.371. The molecule has 0 saturated heterocycles. The first kappa shape index (κ1) is 16.5. The van der Waals surface area contributed by atoms with Crippen LogP contribution in [-0.4, -0.2) is 20.1 Å². The third kappa shape index (κ3) is 5.51. The van der Waals surface area contributed by atoms with Crippen LogP contribution in [0.4, 0.5) is 0 Å². The summed E-state index contributed by atoms with van der Waals surface area (Å²) < 4.78 is 26.8. The molecule has 2 atom stereocenters. The number of benzene rings is 1. The van der Waals surface area contributed by atoms with Crippen molar-refractivity contribution in [3.8, 4) is 0 Å². The fourth-order valence-electron chi connectivity index (χ4n) is 1.87. The van der Waals surface area contributed by atoms with E-state index in [1.54, 1.807) is 0 Å². The molecule has 1 rings (SSSR count). The van der Waals surface area contributed by atoms with Crippen LogP contribution in [0, 0.1) is 12.8 Å². The van der Waals surface area contributed by atoms with E-state index >= 15 is 0 Å². The van der Waals surface area contributed by atoms with Crippen molar-refractivity contribution in [1.82, 2.24) is 4.72 Å². The lowest BCUT2D eigenvalue weighted by Crippen LogP contribution is -2.32. The molecule has 0 radical (unpaired) electrons. The van der Waals surface area contributed by atoms with Crippen LogP contribution in [0.2, 0.25) is 0 Å². The smallest absolute Gasteiger partial charge is 0.212 e. The molecule has 0 spiro atoms. The van der Waals surface area contributed by atoms with Crippen LogP contribution in [0.25, 0.3) is 0 Å². The summed E-state index contributed by atoms with van der Waals surface area (Å²) in [5.41, 5.74) is 2.16. The minimum absolute atomic E-state index is 0.0466. The van der Waals surface area contributed by atoms with Gasteiger partial charge in [-0.2, -0.15) is 0 Å². The van der Waals surface area contributed by atoms with Gasteiger partial charge in [0.2, 0.25) is 10.0 Å². The van der Waals surface area contributed by atoms with Gasteiger partial charge in [-0.25, -0.2) is 13.1 Å². The number of sulfonamides is 1. The lowest BCUT2D eigenvalue weighted by molar-refractivity contribution is 0.540. The Kier molecular flexibility index (Phi) is 6.30. The van der Waals surface area contributed by atoms with E-state index in [4.69, 9.17) is 11.6 Å². The van der Waals surface area contributed by atoms with E-state index in [0.717, 1.165) is 17.5 Å². The molecule has 1 N–H and O–H groups in total. The Morgan fingerprint density at radius 2 is 1.84 bits per heavy atom. The molecule has 0 aliphatic heterocycles. The second-order valence-electron chi connectivity index (χ2n) is 5.03. The molecule has 1 aromatic rings. The Hall–Kier alpha value is -0.580. The Balaban J connectivity index is 2.79. The predicted molar refractivity (Wildman–Crippen MR) is 81.0 cm³/mol. The summed E-state index contributed by atoms with van der Waals surface area (Å²) >= 11 is 5.67. The van der Waals surface area contributed by atoms with Crippen LogP contribution in [-0.2, 0) is 10.0 Å². The fraction of sp³-hybridized carbons (Fsp3) is 0.571. The number of hydrogen-bond acceptors (Lipinski definition) is 2. The number of alkyl halides is 1. The van der Waals surface area contributed by atoms with Gasteiger partial charge in [-0.15, -0.1) is 11.6 Å². The molecule has 0 heterocycles. The van der Waals surface area contributed by atoms with Crippen LogP contribution in [0.15, 0.2) is 24.3 Å². The molecule has 0 fully saturated rings. The molecule has 5 heteroatoms. The zero-order valence-electron chi connectivity index (χ0n) is 11.7. The van der Waals surface area contributed by atoms with Crippen molar-refractivity contribution in [3.63, 3.8) is 0 Å². The molecule has 3 nitrogen and oxygen atoms in total. The van der Waals surface area contributed by atoms with E-state index in [9.17, 15) is 8.42 Å². The standard InChI is InChI=1S/C14H22ClNO2S/c1-4-14(13-7-5-11(2)6-8-13)16-19(17,18)10-12(3)9-15/h5-8,12,14,16H,4,9-10H2,1-3H3. The first-order valence-electron chi connectivity index (χ1n) is 6.50. The summed E-state index contributed by atoms with van der Waals surface area (Å²) in [6, 6.07) is 7.75. The van der Waals surface area contributed by atoms with Crippen LogP contribution >= 0.6 is 11.6 Å². The Bertz CT molecular complexity index is 485. The molecule has 0 saturated carbocycles. The monoisotopic (exact) mass is 303 g/mol. The van der Waals surface area contributed by atoms with Gasteiger partial charge in [0.05, 0.1) is 5.75 Å². The molecule has 0 aliphatic rings. The maximum atomic E-state index is 12.0. The fourth-order valence-corrected chi connectivity index (χ4v) is 3.81. The summed E-state index contributed by atoms with van der Waals surface area (Å²) in [6.45, 7) is 5.81. The van der Waals surface area contributed by atoms with Crippen molar-refractivity contribution in [2.75, 3.05) is 11.6 Å². The zero-order valence-corrected chi connectivity index (χ0v) is 13.3. The van der Waals surface area contributed by atoms with E-state index in [-0.39, 0.29) is 17.7 Å².